The van der Waals surface area contributed by atoms with Crippen LogP contribution in [0.5, 0.6) is 0 Å². The Bertz CT molecular complexity index is 755. The van der Waals surface area contributed by atoms with Gasteiger partial charge < -0.3 is 15.5 Å². The maximum absolute atomic E-state index is 12.6. The number of aryl methyl sites for hydroxylation is 1. The zero-order chi connectivity index (χ0) is 17.8. The molecule has 26 heavy (non-hydrogen) atoms. The molecule has 0 spiro atoms. The van der Waals surface area contributed by atoms with Gasteiger partial charge in [-0.15, -0.1) is 23.7 Å². The molecule has 0 unspecified atom stereocenters. The van der Waals surface area contributed by atoms with Gasteiger partial charge in [0, 0.05) is 43.7 Å². The Labute approximate surface area is 163 Å². The largest absolute Gasteiger partial charge is 0.335 e. The fraction of sp³-hybridized carbons (Fsp3) is 0.389. The van der Waals surface area contributed by atoms with Crippen molar-refractivity contribution in [2.24, 2.45) is 5.73 Å². The molecule has 2 heterocycles. The molecule has 0 aliphatic carbocycles. The van der Waals surface area contributed by atoms with Gasteiger partial charge in [-0.3, -0.25) is 9.59 Å². The van der Waals surface area contributed by atoms with Crippen LogP contribution >= 0.6 is 23.7 Å². The number of halogens is 1. The molecule has 0 radical (unpaired) electrons. The van der Waals surface area contributed by atoms with Crippen LogP contribution < -0.4 is 5.73 Å². The molecule has 6 nitrogen and oxygen atoms in total. The summed E-state index contributed by atoms with van der Waals surface area (Å²) in [4.78, 5) is 32.9. The Morgan fingerprint density at radius 1 is 1.08 bits per heavy atom. The van der Waals surface area contributed by atoms with E-state index in [2.05, 4.69) is 11.9 Å². The van der Waals surface area contributed by atoms with Crippen LogP contribution in [-0.2, 0) is 13.0 Å². The van der Waals surface area contributed by atoms with Crippen molar-refractivity contribution in [1.82, 2.24) is 14.8 Å². The third kappa shape index (κ3) is 4.41. The van der Waals surface area contributed by atoms with Crippen LogP contribution in [-0.4, -0.2) is 52.8 Å². The number of thiazole rings is 1. The predicted molar refractivity (Wildman–Crippen MR) is 105 cm³/mol. The quantitative estimate of drug-likeness (QED) is 0.861. The number of hydrogen-bond acceptors (Lipinski definition) is 5. The molecule has 1 aliphatic rings. The van der Waals surface area contributed by atoms with Gasteiger partial charge in [0.2, 0.25) is 0 Å². The van der Waals surface area contributed by atoms with Gasteiger partial charge in [-0.2, -0.15) is 0 Å². The van der Waals surface area contributed by atoms with Crippen LogP contribution in [0.4, 0.5) is 0 Å². The van der Waals surface area contributed by atoms with Crippen molar-refractivity contribution in [2.75, 3.05) is 26.2 Å². The maximum atomic E-state index is 12.6. The first kappa shape index (κ1) is 20.4. The van der Waals surface area contributed by atoms with Gasteiger partial charge >= 0.3 is 0 Å². The maximum Gasteiger partial charge on any atom is 0.273 e. The zero-order valence-electron chi connectivity index (χ0n) is 14.7. The topological polar surface area (TPSA) is 79.5 Å². The highest BCUT2D eigenvalue weighted by Gasteiger charge is 2.26. The fourth-order valence-electron chi connectivity index (χ4n) is 2.84. The molecule has 140 valence electrons. The first-order valence-corrected chi connectivity index (χ1v) is 9.32. The van der Waals surface area contributed by atoms with Crippen LogP contribution in [0, 0.1) is 0 Å². The molecule has 0 saturated carbocycles. The van der Waals surface area contributed by atoms with Gasteiger partial charge in [0.05, 0.1) is 0 Å². The second-order valence-electron chi connectivity index (χ2n) is 5.97. The van der Waals surface area contributed by atoms with Gasteiger partial charge in [-0.05, 0) is 24.1 Å². The molecule has 1 aliphatic heterocycles. The van der Waals surface area contributed by atoms with Gasteiger partial charge in [0.25, 0.3) is 11.8 Å². The number of amides is 2. The normalized spacial score (nSPS) is 14.1. The van der Waals surface area contributed by atoms with E-state index in [1.165, 1.54) is 16.9 Å². The number of rotatable bonds is 4. The monoisotopic (exact) mass is 394 g/mol. The summed E-state index contributed by atoms with van der Waals surface area (Å²) in [5.41, 5.74) is 7.90. The Kier molecular flexibility index (Phi) is 7.14. The zero-order valence-corrected chi connectivity index (χ0v) is 16.3. The SMILES string of the molecule is CCc1ccc(C(=O)N2CCN(C(=O)c3csc(CN)n3)CC2)cc1.Cl. The number of carbonyl (C=O) groups excluding carboxylic acids is 2. The van der Waals surface area contributed by atoms with E-state index in [9.17, 15) is 9.59 Å². The molecule has 0 bridgehead atoms. The Balaban J connectivity index is 0.00000243. The van der Waals surface area contributed by atoms with Gasteiger partial charge in [0.15, 0.2) is 0 Å². The number of nitrogens with zero attached hydrogens (tertiary/aromatic N) is 3. The molecule has 2 N–H and O–H groups in total. The summed E-state index contributed by atoms with van der Waals surface area (Å²) in [6.45, 7) is 4.55. The highest BCUT2D eigenvalue weighted by Crippen LogP contribution is 2.15. The van der Waals surface area contributed by atoms with Crippen molar-refractivity contribution in [1.29, 1.82) is 0 Å². The lowest BCUT2D eigenvalue weighted by Gasteiger charge is -2.34. The molecule has 0 atom stereocenters. The summed E-state index contributed by atoms with van der Waals surface area (Å²) >= 11 is 1.40. The lowest BCUT2D eigenvalue weighted by Crippen LogP contribution is -2.50. The van der Waals surface area contributed by atoms with E-state index in [0.29, 0.717) is 44.0 Å². The number of hydrogen-bond donors (Lipinski definition) is 1. The smallest absolute Gasteiger partial charge is 0.273 e. The first-order valence-electron chi connectivity index (χ1n) is 8.44. The Morgan fingerprint density at radius 2 is 1.65 bits per heavy atom. The lowest BCUT2D eigenvalue weighted by atomic mass is 10.1. The van der Waals surface area contributed by atoms with Gasteiger partial charge in [-0.25, -0.2) is 4.98 Å². The highest BCUT2D eigenvalue weighted by atomic mass is 35.5. The van der Waals surface area contributed by atoms with Crippen molar-refractivity contribution in [3.63, 3.8) is 0 Å². The van der Waals surface area contributed by atoms with E-state index in [4.69, 9.17) is 5.73 Å². The van der Waals surface area contributed by atoms with E-state index < -0.39 is 0 Å². The Morgan fingerprint density at radius 3 is 2.15 bits per heavy atom. The standard InChI is InChI=1S/C18H22N4O2S.ClH/c1-2-13-3-5-14(6-4-13)17(23)21-7-9-22(10-8-21)18(24)15-12-25-16(11-19)20-15;/h3-6,12H,2,7-11,19H2,1H3;1H. The molecule has 1 saturated heterocycles. The molecule has 1 fully saturated rings. The van der Waals surface area contributed by atoms with Crippen LogP contribution in [0.1, 0.15) is 38.3 Å². The van der Waals surface area contributed by atoms with Crippen LogP contribution in [0.3, 0.4) is 0 Å². The minimum atomic E-state index is -0.0876. The van der Waals surface area contributed by atoms with Crippen molar-refractivity contribution in [3.05, 3.63) is 51.5 Å². The van der Waals surface area contributed by atoms with Crippen molar-refractivity contribution >= 4 is 35.6 Å². The van der Waals surface area contributed by atoms with Crippen LogP contribution in [0.25, 0.3) is 0 Å². The van der Waals surface area contributed by atoms with E-state index in [0.717, 1.165) is 11.4 Å². The molecule has 1 aromatic carbocycles. The summed E-state index contributed by atoms with van der Waals surface area (Å²) < 4.78 is 0. The lowest BCUT2D eigenvalue weighted by molar-refractivity contribution is 0.0532. The van der Waals surface area contributed by atoms with Crippen LogP contribution in [0.15, 0.2) is 29.6 Å². The number of carbonyl (C=O) groups is 2. The van der Waals surface area contributed by atoms with E-state index in [-0.39, 0.29) is 24.2 Å². The first-order chi connectivity index (χ1) is 12.1. The molecular weight excluding hydrogens is 372 g/mol. The molecule has 3 rings (SSSR count). The van der Waals surface area contributed by atoms with Gasteiger partial charge in [0.1, 0.15) is 10.7 Å². The van der Waals surface area contributed by atoms with E-state index >= 15 is 0 Å². The number of benzene rings is 1. The van der Waals surface area contributed by atoms with Crippen molar-refractivity contribution < 1.29 is 9.59 Å². The summed E-state index contributed by atoms with van der Waals surface area (Å²) in [7, 11) is 0. The summed E-state index contributed by atoms with van der Waals surface area (Å²) in [6.07, 6.45) is 0.956. The molecule has 8 heteroatoms. The van der Waals surface area contributed by atoms with E-state index in [1.54, 1.807) is 15.2 Å². The highest BCUT2D eigenvalue weighted by molar-refractivity contribution is 7.09. The second kappa shape index (κ2) is 9.12. The molecule has 2 amide bonds. The fourth-order valence-corrected chi connectivity index (χ4v) is 3.49. The predicted octanol–water partition coefficient (Wildman–Crippen LogP) is 2.18. The van der Waals surface area contributed by atoms with E-state index in [1.807, 2.05) is 24.3 Å². The third-order valence-corrected chi connectivity index (χ3v) is 5.28. The second-order valence-corrected chi connectivity index (χ2v) is 6.91. The van der Waals surface area contributed by atoms with Crippen molar-refractivity contribution in [2.45, 2.75) is 19.9 Å². The number of piperazine rings is 1. The summed E-state index contributed by atoms with van der Waals surface area (Å²) in [5.74, 6) is -0.0656. The molecular formula is C18H23ClN4O2S. The minimum Gasteiger partial charge on any atom is -0.335 e. The van der Waals surface area contributed by atoms with Gasteiger partial charge in [-0.1, -0.05) is 19.1 Å². The average Bonchev–Trinajstić information content (AvgIpc) is 3.16. The third-order valence-electron chi connectivity index (χ3n) is 4.41. The summed E-state index contributed by atoms with van der Waals surface area (Å²) in [6, 6.07) is 7.74. The average molecular weight is 395 g/mol. The van der Waals surface area contributed by atoms with Crippen molar-refractivity contribution in [3.8, 4) is 0 Å². The molecule has 2 aromatic rings. The molecule has 1 aromatic heterocycles. The van der Waals surface area contributed by atoms with Crippen LogP contribution in [0.2, 0.25) is 0 Å². The minimum absolute atomic E-state index is 0. The number of nitrogens with two attached hydrogens (primary N) is 1. The summed E-state index contributed by atoms with van der Waals surface area (Å²) in [5, 5.41) is 2.50. The Hall–Kier alpha value is -1.96. The number of aromatic nitrogens is 1.